The molecule has 1 saturated heterocycles. The summed E-state index contributed by atoms with van der Waals surface area (Å²) in [6.07, 6.45) is 4.41. The van der Waals surface area contributed by atoms with Crippen molar-refractivity contribution in [2.45, 2.75) is 32.1 Å². The summed E-state index contributed by atoms with van der Waals surface area (Å²) < 4.78 is 5.23. The zero-order chi connectivity index (χ0) is 16.2. The average molecular weight is 313 g/mol. The Bertz CT molecular complexity index is 680. The van der Waals surface area contributed by atoms with E-state index < -0.39 is 0 Å². The Kier molecular flexibility index (Phi) is 4.65. The fraction of sp³-hybridized carbons (Fsp3) is 0.444. The van der Waals surface area contributed by atoms with Gasteiger partial charge < -0.3 is 9.64 Å². The molecule has 1 unspecified atom stereocenters. The van der Waals surface area contributed by atoms with Gasteiger partial charge in [-0.25, -0.2) is 0 Å². The maximum absolute atomic E-state index is 12.6. The molecule has 0 saturated carbocycles. The van der Waals surface area contributed by atoms with E-state index in [1.807, 2.05) is 35.4 Å². The summed E-state index contributed by atoms with van der Waals surface area (Å²) in [5.74, 6) is 1.33. The van der Waals surface area contributed by atoms with E-state index in [0.717, 1.165) is 37.2 Å². The van der Waals surface area contributed by atoms with Crippen LogP contribution in [0.1, 0.15) is 35.6 Å². The molecule has 1 aliphatic rings. The molecule has 1 N–H and O–H groups in total. The summed E-state index contributed by atoms with van der Waals surface area (Å²) in [6, 6.07) is 7.72. The number of H-pyrrole nitrogens is 1. The number of aromatic amines is 1. The fourth-order valence-corrected chi connectivity index (χ4v) is 3.28. The second-order valence-electron chi connectivity index (χ2n) is 6.17. The maximum atomic E-state index is 12.6. The molecule has 0 bridgehead atoms. The quantitative estimate of drug-likeness (QED) is 0.944. The lowest BCUT2D eigenvalue weighted by Crippen LogP contribution is -2.40. The molecule has 1 atom stereocenters. The first-order chi connectivity index (χ1) is 11.2. The fourth-order valence-electron chi connectivity index (χ4n) is 3.28. The Balaban J connectivity index is 1.66. The number of piperidine rings is 1. The third kappa shape index (κ3) is 3.55. The van der Waals surface area contributed by atoms with Crippen LogP contribution in [-0.2, 0) is 11.2 Å². The van der Waals surface area contributed by atoms with E-state index in [-0.39, 0.29) is 5.91 Å². The summed E-state index contributed by atoms with van der Waals surface area (Å²) >= 11 is 0. The first-order valence-electron chi connectivity index (χ1n) is 8.08. The van der Waals surface area contributed by atoms with Crippen molar-refractivity contribution in [1.29, 1.82) is 0 Å². The van der Waals surface area contributed by atoms with Crippen LogP contribution < -0.4 is 4.74 Å². The van der Waals surface area contributed by atoms with Gasteiger partial charge in [0.15, 0.2) is 0 Å². The number of rotatable bonds is 4. The molecule has 23 heavy (non-hydrogen) atoms. The molecular weight excluding hydrogens is 290 g/mol. The van der Waals surface area contributed by atoms with Crippen molar-refractivity contribution < 1.29 is 9.53 Å². The SMILES string of the molecule is COc1cccc(CC(=O)N2CCCC(c3[nH]ncc3C)C2)c1. The minimum absolute atomic E-state index is 0.181. The van der Waals surface area contributed by atoms with Gasteiger partial charge >= 0.3 is 0 Å². The van der Waals surface area contributed by atoms with Crippen LogP contribution >= 0.6 is 0 Å². The lowest BCUT2D eigenvalue weighted by molar-refractivity contribution is -0.131. The first kappa shape index (κ1) is 15.6. The van der Waals surface area contributed by atoms with Gasteiger partial charge in [-0.1, -0.05) is 12.1 Å². The number of nitrogens with one attached hydrogen (secondary N) is 1. The second-order valence-corrected chi connectivity index (χ2v) is 6.17. The Morgan fingerprint density at radius 3 is 3.09 bits per heavy atom. The number of carbonyl (C=O) groups is 1. The van der Waals surface area contributed by atoms with Crippen molar-refractivity contribution in [2.24, 2.45) is 0 Å². The van der Waals surface area contributed by atoms with E-state index in [4.69, 9.17) is 4.74 Å². The zero-order valence-electron chi connectivity index (χ0n) is 13.7. The van der Waals surface area contributed by atoms with Gasteiger partial charge in [0.05, 0.1) is 19.7 Å². The summed E-state index contributed by atoms with van der Waals surface area (Å²) in [7, 11) is 1.64. The van der Waals surface area contributed by atoms with Crippen molar-refractivity contribution in [1.82, 2.24) is 15.1 Å². The van der Waals surface area contributed by atoms with Crippen LogP contribution in [0.25, 0.3) is 0 Å². The molecule has 3 rings (SSSR count). The second kappa shape index (κ2) is 6.86. The van der Waals surface area contributed by atoms with Crippen molar-refractivity contribution >= 4 is 5.91 Å². The van der Waals surface area contributed by atoms with Gasteiger partial charge in [-0.05, 0) is 43.0 Å². The van der Waals surface area contributed by atoms with Crippen LogP contribution in [0.15, 0.2) is 30.5 Å². The number of aromatic nitrogens is 2. The molecule has 2 aromatic rings. The molecule has 122 valence electrons. The zero-order valence-corrected chi connectivity index (χ0v) is 13.7. The first-order valence-corrected chi connectivity index (χ1v) is 8.08. The molecule has 0 radical (unpaired) electrons. The number of ether oxygens (including phenoxy) is 1. The normalized spacial score (nSPS) is 18.0. The lowest BCUT2D eigenvalue weighted by Gasteiger charge is -2.32. The van der Waals surface area contributed by atoms with Crippen LogP contribution in [0.4, 0.5) is 0 Å². The summed E-state index contributed by atoms with van der Waals surface area (Å²) in [5.41, 5.74) is 3.34. The van der Waals surface area contributed by atoms with Crippen molar-refractivity contribution in [3.05, 3.63) is 47.3 Å². The van der Waals surface area contributed by atoms with Crippen molar-refractivity contribution in [3.63, 3.8) is 0 Å². The van der Waals surface area contributed by atoms with Gasteiger partial charge in [-0.2, -0.15) is 5.10 Å². The van der Waals surface area contributed by atoms with E-state index in [2.05, 4.69) is 17.1 Å². The molecule has 1 fully saturated rings. The van der Waals surface area contributed by atoms with E-state index in [1.54, 1.807) is 7.11 Å². The monoisotopic (exact) mass is 313 g/mol. The van der Waals surface area contributed by atoms with Crippen LogP contribution in [0.5, 0.6) is 5.75 Å². The van der Waals surface area contributed by atoms with E-state index in [9.17, 15) is 4.79 Å². The molecular formula is C18H23N3O2. The smallest absolute Gasteiger partial charge is 0.227 e. The van der Waals surface area contributed by atoms with Crippen LogP contribution in [0, 0.1) is 6.92 Å². The number of aryl methyl sites for hydroxylation is 1. The molecule has 2 heterocycles. The molecule has 1 amide bonds. The third-order valence-corrected chi connectivity index (χ3v) is 4.54. The van der Waals surface area contributed by atoms with Crippen molar-refractivity contribution in [3.8, 4) is 5.75 Å². The van der Waals surface area contributed by atoms with Gasteiger partial charge in [-0.15, -0.1) is 0 Å². The van der Waals surface area contributed by atoms with Crippen LogP contribution in [-0.4, -0.2) is 41.2 Å². The minimum Gasteiger partial charge on any atom is -0.497 e. The highest BCUT2D eigenvalue weighted by molar-refractivity contribution is 5.79. The lowest BCUT2D eigenvalue weighted by atomic mass is 9.92. The number of amides is 1. The van der Waals surface area contributed by atoms with Gasteiger partial charge in [0.2, 0.25) is 5.91 Å². The molecule has 1 aromatic carbocycles. The van der Waals surface area contributed by atoms with Crippen LogP contribution in [0.2, 0.25) is 0 Å². The largest absolute Gasteiger partial charge is 0.497 e. The van der Waals surface area contributed by atoms with Crippen molar-refractivity contribution in [2.75, 3.05) is 20.2 Å². The molecule has 1 aromatic heterocycles. The number of benzene rings is 1. The Hall–Kier alpha value is -2.30. The molecule has 1 aliphatic heterocycles. The molecule has 5 heteroatoms. The Labute approximate surface area is 136 Å². The molecule has 0 aliphatic carbocycles. The highest BCUT2D eigenvalue weighted by Crippen LogP contribution is 2.27. The van der Waals surface area contributed by atoms with Crippen LogP contribution in [0.3, 0.4) is 0 Å². The van der Waals surface area contributed by atoms with E-state index in [0.29, 0.717) is 12.3 Å². The molecule has 0 spiro atoms. The molecule has 5 nitrogen and oxygen atoms in total. The van der Waals surface area contributed by atoms with Gasteiger partial charge in [-0.3, -0.25) is 9.89 Å². The van der Waals surface area contributed by atoms with E-state index in [1.165, 1.54) is 11.3 Å². The summed E-state index contributed by atoms with van der Waals surface area (Å²) in [5, 5.41) is 7.21. The summed E-state index contributed by atoms with van der Waals surface area (Å²) in [6.45, 7) is 3.67. The minimum atomic E-state index is 0.181. The Morgan fingerprint density at radius 2 is 2.35 bits per heavy atom. The number of carbonyl (C=O) groups excluding carboxylic acids is 1. The number of nitrogens with zero attached hydrogens (tertiary/aromatic N) is 2. The topological polar surface area (TPSA) is 58.2 Å². The van der Waals surface area contributed by atoms with Gasteiger partial charge in [0.1, 0.15) is 5.75 Å². The number of likely N-dealkylation sites (tertiary alicyclic amines) is 1. The van der Waals surface area contributed by atoms with Gasteiger partial charge in [0, 0.05) is 24.7 Å². The standard InChI is InChI=1S/C18H23N3O2/c1-13-11-19-20-18(13)15-6-4-8-21(12-15)17(22)10-14-5-3-7-16(9-14)23-2/h3,5,7,9,11,15H,4,6,8,10,12H2,1-2H3,(H,19,20). The number of hydrogen-bond donors (Lipinski definition) is 1. The highest BCUT2D eigenvalue weighted by atomic mass is 16.5. The number of methoxy groups -OCH3 is 1. The predicted octanol–water partition coefficient (Wildman–Crippen LogP) is 2.68. The predicted molar refractivity (Wildman–Crippen MR) is 88.6 cm³/mol. The Morgan fingerprint density at radius 1 is 1.48 bits per heavy atom. The van der Waals surface area contributed by atoms with E-state index >= 15 is 0 Å². The average Bonchev–Trinajstić information content (AvgIpc) is 3.01. The summed E-state index contributed by atoms with van der Waals surface area (Å²) in [4.78, 5) is 14.6. The highest BCUT2D eigenvalue weighted by Gasteiger charge is 2.26. The maximum Gasteiger partial charge on any atom is 0.227 e. The third-order valence-electron chi connectivity index (χ3n) is 4.54. The van der Waals surface area contributed by atoms with Gasteiger partial charge in [0.25, 0.3) is 0 Å². The number of hydrogen-bond acceptors (Lipinski definition) is 3.